The monoisotopic (exact) mass is 653 g/mol. The minimum Gasteiger partial charge on any atom is -0.457 e. The summed E-state index contributed by atoms with van der Waals surface area (Å²) in [7, 11) is 0. The van der Waals surface area contributed by atoms with Crippen LogP contribution in [0.4, 0.5) is 5.69 Å². The molecule has 7 aromatic rings. The van der Waals surface area contributed by atoms with Gasteiger partial charge in [0.05, 0.1) is 5.69 Å². The van der Waals surface area contributed by atoms with Crippen LogP contribution >= 0.6 is 0 Å². The van der Waals surface area contributed by atoms with Crippen molar-refractivity contribution in [1.82, 2.24) is 0 Å². The third-order valence-electron chi connectivity index (χ3n) is 10.4. The summed E-state index contributed by atoms with van der Waals surface area (Å²) in [4.78, 5) is 30.7. The Balaban J connectivity index is 1.32. The van der Waals surface area contributed by atoms with Crippen LogP contribution in [0.25, 0.3) is 43.1 Å². The number of amides is 2. The van der Waals surface area contributed by atoms with E-state index in [1.54, 1.807) is 0 Å². The van der Waals surface area contributed by atoms with Crippen molar-refractivity contribution in [2.45, 2.75) is 65.7 Å². The third kappa shape index (κ3) is 4.61. The summed E-state index contributed by atoms with van der Waals surface area (Å²) < 4.78 is 6.51. The lowest BCUT2D eigenvalue weighted by atomic mass is 9.83. The number of ether oxygens (including phenoxy) is 1. The van der Waals surface area contributed by atoms with Gasteiger partial charge in [0.2, 0.25) is 0 Å². The summed E-state index contributed by atoms with van der Waals surface area (Å²) in [6, 6.07) is 30.5. The number of carbonyl (C=O) groups is 2. The summed E-state index contributed by atoms with van der Waals surface area (Å²) in [5, 5.41) is 7.87. The second-order valence-electron chi connectivity index (χ2n) is 15.2. The molecule has 0 unspecified atom stereocenters. The van der Waals surface area contributed by atoms with Crippen molar-refractivity contribution in [3.63, 3.8) is 0 Å². The van der Waals surface area contributed by atoms with Crippen molar-refractivity contribution in [3.05, 3.63) is 124 Å². The van der Waals surface area contributed by atoms with Crippen LogP contribution in [0, 0.1) is 12.3 Å². The van der Waals surface area contributed by atoms with Gasteiger partial charge in [-0.1, -0.05) is 96.9 Å². The SMILES string of the molecule is C#Cc1cc(C(C)C)c(N2C(=O)c3ccc4c5cccc6c(Oc7ccc(C(C)(C)C)cc7)ccc(c7ccc(c3c47)C2=O)c65)c(C(C)C)c1. The number of nitrogens with zero attached hydrogens (tertiary/aromatic N) is 1. The zero-order valence-corrected chi connectivity index (χ0v) is 29.6. The van der Waals surface area contributed by atoms with Crippen LogP contribution in [0.3, 0.4) is 0 Å². The maximum absolute atomic E-state index is 14.6. The predicted octanol–water partition coefficient (Wildman–Crippen LogP) is 11.9. The van der Waals surface area contributed by atoms with Crippen LogP contribution in [-0.2, 0) is 5.41 Å². The van der Waals surface area contributed by atoms with Crippen molar-refractivity contribution in [1.29, 1.82) is 0 Å². The minimum atomic E-state index is -0.311. The van der Waals surface area contributed by atoms with Crippen LogP contribution in [0.2, 0.25) is 0 Å². The van der Waals surface area contributed by atoms with Crippen LogP contribution < -0.4 is 9.64 Å². The number of hydrogen-bond acceptors (Lipinski definition) is 3. The van der Waals surface area contributed by atoms with Crippen LogP contribution in [0.15, 0.2) is 91.0 Å². The first kappa shape index (κ1) is 31.6. The molecule has 0 fully saturated rings. The standard InChI is InChI=1S/C46H39NO3/c1-9-27-23-37(25(2)3)43(38(24-27)26(4)5)47-44(48)35-19-17-32-30-11-10-12-34-39(50-29-15-13-28(14-16-29)46(6,7)8)22-21-31(40(30)34)33-18-20-36(45(47)49)42(35)41(32)33/h1,10-26H,2-8H3. The van der Waals surface area contributed by atoms with E-state index in [2.05, 4.69) is 90.8 Å². The lowest BCUT2D eigenvalue weighted by Crippen LogP contribution is -2.41. The highest BCUT2D eigenvalue weighted by atomic mass is 16.5. The van der Waals surface area contributed by atoms with Crippen molar-refractivity contribution >= 4 is 60.6 Å². The number of terminal acetylenes is 1. The number of fused-ring (bicyclic) bond motifs is 2. The summed E-state index contributed by atoms with van der Waals surface area (Å²) in [6.07, 6.45) is 5.85. The van der Waals surface area contributed by atoms with Gasteiger partial charge in [0.25, 0.3) is 11.8 Å². The van der Waals surface area contributed by atoms with Gasteiger partial charge in [-0.3, -0.25) is 9.59 Å². The molecule has 4 heteroatoms. The molecule has 0 aliphatic carbocycles. The van der Waals surface area contributed by atoms with Gasteiger partial charge in [0.1, 0.15) is 11.5 Å². The molecule has 0 spiro atoms. The lowest BCUT2D eigenvalue weighted by molar-refractivity contribution is 0.0893. The summed E-state index contributed by atoms with van der Waals surface area (Å²) in [6.45, 7) is 14.9. The summed E-state index contributed by atoms with van der Waals surface area (Å²) in [5.74, 6) is 3.80. The van der Waals surface area contributed by atoms with E-state index in [1.165, 1.54) is 10.5 Å². The molecule has 50 heavy (non-hydrogen) atoms. The van der Waals surface area contributed by atoms with E-state index in [0.29, 0.717) is 22.2 Å². The molecule has 4 nitrogen and oxygen atoms in total. The Morgan fingerprint density at radius 3 is 1.70 bits per heavy atom. The first-order chi connectivity index (χ1) is 23.9. The Bertz CT molecular complexity index is 2490. The van der Waals surface area contributed by atoms with Crippen molar-refractivity contribution in [2.24, 2.45) is 0 Å². The van der Waals surface area contributed by atoms with E-state index >= 15 is 0 Å². The first-order valence-corrected chi connectivity index (χ1v) is 17.4. The van der Waals surface area contributed by atoms with Gasteiger partial charge >= 0.3 is 0 Å². The number of imide groups is 1. The van der Waals surface area contributed by atoms with Gasteiger partial charge in [-0.2, -0.15) is 0 Å². The number of anilines is 1. The number of benzene rings is 7. The van der Waals surface area contributed by atoms with E-state index in [-0.39, 0.29) is 29.1 Å². The fraction of sp³-hybridized carbons (Fsp3) is 0.217. The zero-order valence-electron chi connectivity index (χ0n) is 29.6. The van der Waals surface area contributed by atoms with Gasteiger partial charge in [0.15, 0.2) is 0 Å². The Kier molecular flexibility index (Phi) is 7.07. The second-order valence-corrected chi connectivity index (χ2v) is 15.2. The first-order valence-electron chi connectivity index (χ1n) is 17.4. The molecule has 0 bridgehead atoms. The molecule has 0 aromatic heterocycles. The molecule has 7 aromatic carbocycles. The van der Waals surface area contributed by atoms with Gasteiger partial charge < -0.3 is 4.74 Å². The van der Waals surface area contributed by atoms with Crippen LogP contribution in [-0.4, -0.2) is 11.8 Å². The molecule has 1 aliphatic rings. The van der Waals surface area contributed by atoms with Gasteiger partial charge in [0, 0.05) is 32.8 Å². The largest absolute Gasteiger partial charge is 0.457 e. The Morgan fingerprint density at radius 1 is 0.640 bits per heavy atom. The predicted molar refractivity (Wildman–Crippen MR) is 207 cm³/mol. The van der Waals surface area contributed by atoms with E-state index in [0.717, 1.165) is 65.9 Å². The van der Waals surface area contributed by atoms with E-state index in [9.17, 15) is 9.59 Å². The molecule has 1 heterocycles. The average Bonchev–Trinajstić information content (AvgIpc) is 3.09. The van der Waals surface area contributed by atoms with Gasteiger partial charge in [-0.05, 0) is 109 Å². The fourth-order valence-electron chi connectivity index (χ4n) is 7.81. The highest BCUT2D eigenvalue weighted by Gasteiger charge is 2.38. The zero-order chi connectivity index (χ0) is 35.2. The highest BCUT2D eigenvalue weighted by Crippen LogP contribution is 2.47. The van der Waals surface area contributed by atoms with E-state index in [1.807, 2.05) is 54.6 Å². The molecular formula is C46H39NO3. The van der Waals surface area contributed by atoms with Crippen molar-refractivity contribution in [2.75, 3.05) is 4.90 Å². The van der Waals surface area contributed by atoms with Crippen molar-refractivity contribution in [3.8, 4) is 23.8 Å². The highest BCUT2D eigenvalue weighted by molar-refractivity contribution is 6.42. The van der Waals surface area contributed by atoms with E-state index < -0.39 is 0 Å². The minimum absolute atomic E-state index is 0.0434. The van der Waals surface area contributed by atoms with Crippen LogP contribution in [0.1, 0.15) is 103 Å². The smallest absolute Gasteiger partial charge is 0.266 e. The molecule has 0 saturated carbocycles. The summed E-state index contributed by atoms with van der Waals surface area (Å²) >= 11 is 0. The van der Waals surface area contributed by atoms with Gasteiger partial charge in [-0.15, -0.1) is 6.42 Å². The quantitative estimate of drug-likeness (QED) is 0.0804. The second kappa shape index (κ2) is 11.2. The molecule has 1 aliphatic heterocycles. The topological polar surface area (TPSA) is 46.6 Å². The molecule has 8 rings (SSSR count). The molecule has 0 N–H and O–H groups in total. The van der Waals surface area contributed by atoms with Crippen molar-refractivity contribution < 1.29 is 14.3 Å². The molecule has 0 radical (unpaired) electrons. The molecular weight excluding hydrogens is 615 g/mol. The number of hydrogen-bond donors (Lipinski definition) is 0. The summed E-state index contributed by atoms with van der Waals surface area (Å²) in [5.41, 5.74) is 5.55. The molecule has 0 atom stereocenters. The maximum atomic E-state index is 14.6. The Morgan fingerprint density at radius 2 is 1.16 bits per heavy atom. The Hall–Kier alpha value is -5.66. The Labute approximate surface area is 293 Å². The molecule has 0 saturated heterocycles. The van der Waals surface area contributed by atoms with Gasteiger partial charge in [-0.25, -0.2) is 4.90 Å². The third-order valence-corrected chi connectivity index (χ3v) is 10.4. The normalized spacial score (nSPS) is 13.5. The fourth-order valence-corrected chi connectivity index (χ4v) is 7.81. The molecule has 2 amide bonds. The van der Waals surface area contributed by atoms with E-state index in [4.69, 9.17) is 11.2 Å². The maximum Gasteiger partial charge on any atom is 0.266 e. The van der Waals surface area contributed by atoms with Crippen LogP contribution in [0.5, 0.6) is 11.5 Å². The molecule has 246 valence electrons. The number of rotatable bonds is 5. The number of carbonyl (C=O) groups excluding carboxylic acids is 2. The average molecular weight is 654 g/mol. The lowest BCUT2D eigenvalue weighted by Gasteiger charge is -2.33.